The summed E-state index contributed by atoms with van der Waals surface area (Å²) >= 11 is 3.49. The molecule has 1 aliphatic rings. The van der Waals surface area contributed by atoms with Crippen LogP contribution in [0.2, 0.25) is 0 Å². The number of rotatable bonds is 5. The molecular formula is C18H23ClN2OS2. The quantitative estimate of drug-likeness (QED) is 0.762. The highest BCUT2D eigenvalue weighted by Crippen LogP contribution is 2.28. The van der Waals surface area contributed by atoms with E-state index in [2.05, 4.69) is 35.1 Å². The van der Waals surface area contributed by atoms with Crippen LogP contribution in [-0.2, 0) is 5.75 Å². The van der Waals surface area contributed by atoms with Crippen molar-refractivity contribution in [1.82, 2.24) is 10.6 Å². The van der Waals surface area contributed by atoms with Crippen LogP contribution in [0.1, 0.15) is 28.6 Å². The predicted molar refractivity (Wildman–Crippen MR) is 105 cm³/mol. The molecule has 3 rings (SSSR count). The highest BCUT2D eigenvalue weighted by molar-refractivity contribution is 7.98. The zero-order valence-corrected chi connectivity index (χ0v) is 16.1. The molecule has 1 aromatic heterocycles. The molecule has 0 saturated carbocycles. The number of hydrogen-bond acceptors (Lipinski definition) is 4. The fourth-order valence-corrected chi connectivity index (χ4v) is 4.58. The van der Waals surface area contributed by atoms with E-state index < -0.39 is 0 Å². The molecular weight excluding hydrogens is 360 g/mol. The third kappa shape index (κ3) is 4.99. The lowest BCUT2D eigenvalue weighted by Crippen LogP contribution is -2.50. The third-order valence-electron chi connectivity index (χ3n) is 4.23. The summed E-state index contributed by atoms with van der Waals surface area (Å²) in [4.78, 5) is 15.1. The molecule has 24 heavy (non-hydrogen) atoms. The first-order valence-corrected chi connectivity index (χ1v) is 9.86. The molecule has 1 saturated heterocycles. The van der Waals surface area contributed by atoms with Crippen LogP contribution in [0.25, 0.3) is 0 Å². The zero-order chi connectivity index (χ0) is 16.1. The largest absolute Gasteiger partial charge is 0.348 e. The van der Waals surface area contributed by atoms with Gasteiger partial charge in [-0.15, -0.1) is 35.5 Å². The van der Waals surface area contributed by atoms with Gasteiger partial charge >= 0.3 is 0 Å². The Labute approximate surface area is 158 Å². The van der Waals surface area contributed by atoms with Crippen LogP contribution >= 0.6 is 35.5 Å². The molecule has 0 radical (unpaired) electrons. The summed E-state index contributed by atoms with van der Waals surface area (Å²) in [7, 11) is 0. The van der Waals surface area contributed by atoms with E-state index in [0.29, 0.717) is 5.92 Å². The number of carbonyl (C=O) groups excluding carboxylic acids is 1. The first kappa shape index (κ1) is 19.3. The standard InChI is InChI=1S/C18H22N2OS2.ClH/c1-13-8-9-19-11-16(13)20-18(21)15-6-2-3-7-17(15)23-12-14-5-4-10-22-14;/h2-7,10,13,16,19H,8-9,11-12H2,1H3,(H,20,21);1H. The van der Waals surface area contributed by atoms with E-state index in [0.717, 1.165) is 35.7 Å². The van der Waals surface area contributed by atoms with Crippen molar-refractivity contribution in [3.05, 3.63) is 52.2 Å². The van der Waals surface area contributed by atoms with E-state index in [4.69, 9.17) is 0 Å². The molecule has 0 bridgehead atoms. The van der Waals surface area contributed by atoms with Crippen LogP contribution in [0.4, 0.5) is 0 Å². The SMILES string of the molecule is CC1CCNCC1NC(=O)c1ccccc1SCc1cccs1.Cl. The molecule has 130 valence electrons. The van der Waals surface area contributed by atoms with Crippen molar-refractivity contribution in [3.63, 3.8) is 0 Å². The molecule has 2 heterocycles. The van der Waals surface area contributed by atoms with E-state index in [-0.39, 0.29) is 24.4 Å². The summed E-state index contributed by atoms with van der Waals surface area (Å²) in [6.07, 6.45) is 1.11. The second-order valence-corrected chi connectivity index (χ2v) is 7.96. The summed E-state index contributed by atoms with van der Waals surface area (Å²) in [5.74, 6) is 1.47. The van der Waals surface area contributed by atoms with Crippen molar-refractivity contribution in [3.8, 4) is 0 Å². The van der Waals surface area contributed by atoms with Crippen LogP contribution in [0.15, 0.2) is 46.7 Å². The number of halogens is 1. The van der Waals surface area contributed by atoms with Crippen LogP contribution < -0.4 is 10.6 Å². The number of piperidine rings is 1. The van der Waals surface area contributed by atoms with Gasteiger partial charge in [0.1, 0.15) is 0 Å². The average Bonchev–Trinajstić information content (AvgIpc) is 3.09. The fourth-order valence-electron chi connectivity index (χ4n) is 2.75. The van der Waals surface area contributed by atoms with Gasteiger partial charge in [-0.2, -0.15) is 0 Å². The summed E-state index contributed by atoms with van der Waals surface area (Å²) < 4.78 is 0. The smallest absolute Gasteiger partial charge is 0.252 e. The summed E-state index contributed by atoms with van der Waals surface area (Å²) in [5, 5.41) is 8.66. The van der Waals surface area contributed by atoms with Gasteiger partial charge in [0, 0.05) is 28.1 Å². The van der Waals surface area contributed by atoms with Crippen molar-refractivity contribution >= 4 is 41.4 Å². The van der Waals surface area contributed by atoms with Crippen LogP contribution in [0, 0.1) is 5.92 Å². The lowest BCUT2D eigenvalue weighted by molar-refractivity contribution is 0.0912. The van der Waals surface area contributed by atoms with Gasteiger partial charge in [-0.3, -0.25) is 4.79 Å². The van der Waals surface area contributed by atoms with E-state index in [1.54, 1.807) is 23.1 Å². The minimum Gasteiger partial charge on any atom is -0.348 e. The highest BCUT2D eigenvalue weighted by atomic mass is 35.5. The molecule has 2 N–H and O–H groups in total. The molecule has 2 unspecified atom stereocenters. The second kappa shape index (κ2) is 9.47. The fraction of sp³-hybridized carbons (Fsp3) is 0.389. The Hall–Kier alpha value is -1.01. The molecule has 0 spiro atoms. The van der Waals surface area contributed by atoms with Crippen molar-refractivity contribution < 1.29 is 4.79 Å². The van der Waals surface area contributed by atoms with E-state index in [1.807, 2.05) is 24.3 Å². The van der Waals surface area contributed by atoms with Crippen LogP contribution in [0.3, 0.4) is 0 Å². The molecule has 2 atom stereocenters. The van der Waals surface area contributed by atoms with E-state index >= 15 is 0 Å². The number of carbonyl (C=O) groups is 1. The minimum atomic E-state index is 0. The van der Waals surface area contributed by atoms with Gasteiger partial charge in [-0.05, 0) is 42.5 Å². The first-order valence-electron chi connectivity index (χ1n) is 8.00. The topological polar surface area (TPSA) is 41.1 Å². The van der Waals surface area contributed by atoms with Crippen molar-refractivity contribution in [2.45, 2.75) is 30.0 Å². The Morgan fingerprint density at radius 2 is 2.17 bits per heavy atom. The van der Waals surface area contributed by atoms with Crippen molar-refractivity contribution in [2.24, 2.45) is 5.92 Å². The van der Waals surface area contributed by atoms with Gasteiger partial charge in [0.25, 0.3) is 5.91 Å². The number of amides is 1. The number of hydrogen-bond donors (Lipinski definition) is 2. The number of thioether (sulfide) groups is 1. The monoisotopic (exact) mass is 382 g/mol. The Balaban J connectivity index is 0.00000208. The number of nitrogens with one attached hydrogen (secondary N) is 2. The molecule has 3 nitrogen and oxygen atoms in total. The number of thiophene rings is 1. The highest BCUT2D eigenvalue weighted by Gasteiger charge is 2.23. The zero-order valence-electron chi connectivity index (χ0n) is 13.7. The summed E-state index contributed by atoms with van der Waals surface area (Å²) in [6, 6.07) is 12.3. The Morgan fingerprint density at radius 3 is 2.92 bits per heavy atom. The van der Waals surface area contributed by atoms with Gasteiger partial charge in [0.15, 0.2) is 0 Å². The predicted octanol–water partition coefficient (Wildman–Crippen LogP) is 4.19. The van der Waals surface area contributed by atoms with Crippen LogP contribution in [0.5, 0.6) is 0 Å². The van der Waals surface area contributed by atoms with E-state index in [1.165, 1.54) is 4.88 Å². The maximum Gasteiger partial charge on any atom is 0.252 e. The average molecular weight is 383 g/mol. The molecule has 1 amide bonds. The number of benzene rings is 1. The van der Waals surface area contributed by atoms with Gasteiger partial charge < -0.3 is 10.6 Å². The normalized spacial score (nSPS) is 20.2. The second-order valence-electron chi connectivity index (χ2n) is 5.91. The minimum absolute atomic E-state index is 0. The van der Waals surface area contributed by atoms with Crippen molar-refractivity contribution in [1.29, 1.82) is 0 Å². The van der Waals surface area contributed by atoms with Crippen molar-refractivity contribution in [2.75, 3.05) is 13.1 Å². The lowest BCUT2D eigenvalue weighted by atomic mass is 9.94. The molecule has 1 aromatic carbocycles. The van der Waals surface area contributed by atoms with Gasteiger partial charge in [0.05, 0.1) is 5.56 Å². The first-order chi connectivity index (χ1) is 11.2. The van der Waals surface area contributed by atoms with E-state index in [9.17, 15) is 4.79 Å². The molecule has 2 aromatic rings. The lowest BCUT2D eigenvalue weighted by Gasteiger charge is -2.30. The third-order valence-corrected chi connectivity index (χ3v) is 6.41. The summed E-state index contributed by atoms with van der Waals surface area (Å²) in [5.41, 5.74) is 0.784. The molecule has 1 aliphatic heterocycles. The maximum absolute atomic E-state index is 12.7. The Kier molecular flexibility index (Phi) is 7.62. The van der Waals surface area contributed by atoms with Gasteiger partial charge in [-0.25, -0.2) is 0 Å². The molecule has 6 heteroatoms. The Morgan fingerprint density at radius 1 is 1.33 bits per heavy atom. The van der Waals surface area contributed by atoms with Gasteiger partial charge in [0.2, 0.25) is 0 Å². The molecule has 1 fully saturated rings. The van der Waals surface area contributed by atoms with Crippen LogP contribution in [-0.4, -0.2) is 25.0 Å². The maximum atomic E-state index is 12.7. The van der Waals surface area contributed by atoms with Gasteiger partial charge in [-0.1, -0.05) is 25.1 Å². The summed E-state index contributed by atoms with van der Waals surface area (Å²) in [6.45, 7) is 4.11. The molecule has 0 aliphatic carbocycles. The Bertz CT molecular complexity index is 648.